The standard InChI is InChI=1S/C39H33F13O/c1-2-3-4-5-21-6-8-22(9-7-21)23-10-12-24(13-11-23)25-14-15-28(29(40)16-25)26-17-30(41)35(31(42)18-26)39(51,52)53-27-19-32(43)34(33(44)20-27)37(46,47)36(45)38(48,49)50/h10-22,36H,2-9H2,1H3. The summed E-state index contributed by atoms with van der Waals surface area (Å²) >= 11 is 0. The van der Waals surface area contributed by atoms with Crippen molar-refractivity contribution in [1.82, 2.24) is 0 Å². The molecular formula is C39H33F13O. The Kier molecular flexibility index (Phi) is 11.8. The largest absolute Gasteiger partial charge is 0.432 e. The van der Waals surface area contributed by atoms with Gasteiger partial charge in [0, 0.05) is 17.7 Å². The summed E-state index contributed by atoms with van der Waals surface area (Å²) < 4.78 is 187. The van der Waals surface area contributed by atoms with Crippen LogP contribution in [0.1, 0.15) is 80.9 Å². The van der Waals surface area contributed by atoms with E-state index in [9.17, 15) is 43.9 Å². The van der Waals surface area contributed by atoms with E-state index in [2.05, 4.69) is 11.7 Å². The Morgan fingerprint density at radius 2 is 1.15 bits per heavy atom. The summed E-state index contributed by atoms with van der Waals surface area (Å²) in [6.45, 7) is 2.18. The minimum atomic E-state index is -6.25. The van der Waals surface area contributed by atoms with Gasteiger partial charge in [0.15, 0.2) is 0 Å². The van der Waals surface area contributed by atoms with Crippen LogP contribution in [-0.2, 0) is 12.0 Å². The van der Waals surface area contributed by atoms with Crippen molar-refractivity contribution in [3.8, 4) is 28.0 Å². The molecule has 14 heteroatoms. The molecule has 0 heterocycles. The molecule has 1 fully saturated rings. The van der Waals surface area contributed by atoms with Gasteiger partial charge in [-0.1, -0.05) is 69.0 Å². The molecule has 286 valence electrons. The Balaban J connectivity index is 1.31. The van der Waals surface area contributed by atoms with Crippen molar-refractivity contribution < 1.29 is 61.8 Å². The van der Waals surface area contributed by atoms with Gasteiger partial charge in [0.1, 0.15) is 40.4 Å². The molecule has 1 aliphatic rings. The topological polar surface area (TPSA) is 9.23 Å². The number of unbranched alkanes of at least 4 members (excludes halogenated alkanes) is 2. The zero-order valence-electron chi connectivity index (χ0n) is 28.1. The molecule has 0 aliphatic heterocycles. The van der Waals surface area contributed by atoms with Gasteiger partial charge in [-0.2, -0.15) is 30.7 Å². The van der Waals surface area contributed by atoms with E-state index >= 15 is 13.2 Å². The van der Waals surface area contributed by atoms with Crippen molar-refractivity contribution in [2.75, 3.05) is 0 Å². The van der Waals surface area contributed by atoms with Gasteiger partial charge >= 0.3 is 18.2 Å². The normalized spacial score (nSPS) is 17.5. The molecule has 0 N–H and O–H groups in total. The first kappa shape index (κ1) is 40.0. The van der Waals surface area contributed by atoms with Crippen LogP contribution in [0.4, 0.5) is 57.1 Å². The van der Waals surface area contributed by atoms with E-state index < -0.39 is 88.0 Å². The molecule has 1 nitrogen and oxygen atoms in total. The number of halogens is 13. The SMILES string of the molecule is CCCCCC1CCC(c2ccc(-c3ccc(-c4cc(F)c(C(F)(F)Oc5cc(F)c(C(F)(F)C(F)C(F)(F)F)c(F)c5)c(F)c4)c(F)c3)cc2)CC1. The minimum Gasteiger partial charge on any atom is -0.429 e. The van der Waals surface area contributed by atoms with Gasteiger partial charge in [-0.3, -0.25) is 0 Å². The fourth-order valence-corrected chi connectivity index (χ4v) is 6.81. The van der Waals surface area contributed by atoms with Gasteiger partial charge in [-0.25, -0.2) is 26.3 Å². The fourth-order valence-electron chi connectivity index (χ4n) is 6.81. The van der Waals surface area contributed by atoms with Crippen LogP contribution in [-0.4, -0.2) is 12.3 Å². The van der Waals surface area contributed by atoms with Crippen LogP contribution in [0.5, 0.6) is 5.75 Å². The van der Waals surface area contributed by atoms with Gasteiger partial charge in [-0.05, 0) is 78.0 Å². The number of benzene rings is 4. The third-order valence-corrected chi connectivity index (χ3v) is 9.59. The molecule has 0 amide bonds. The predicted octanol–water partition coefficient (Wildman–Crippen LogP) is 13.7. The molecule has 53 heavy (non-hydrogen) atoms. The highest BCUT2D eigenvalue weighted by atomic mass is 19.4. The summed E-state index contributed by atoms with van der Waals surface area (Å²) in [6.07, 6.45) is -6.96. The van der Waals surface area contributed by atoms with E-state index in [-0.39, 0.29) is 5.56 Å². The molecular weight excluding hydrogens is 731 g/mol. The molecule has 1 unspecified atom stereocenters. The van der Waals surface area contributed by atoms with Crippen molar-refractivity contribution in [3.63, 3.8) is 0 Å². The number of rotatable bonds is 12. The van der Waals surface area contributed by atoms with Crippen molar-refractivity contribution in [2.24, 2.45) is 5.92 Å². The van der Waals surface area contributed by atoms with E-state index in [1.54, 1.807) is 0 Å². The van der Waals surface area contributed by atoms with Crippen LogP contribution < -0.4 is 4.74 Å². The number of alkyl halides is 8. The van der Waals surface area contributed by atoms with Crippen molar-refractivity contribution >= 4 is 0 Å². The Hall–Kier alpha value is -4.23. The third kappa shape index (κ3) is 8.78. The summed E-state index contributed by atoms with van der Waals surface area (Å²) in [5, 5.41) is 0. The molecule has 0 spiro atoms. The molecule has 0 bridgehead atoms. The first-order chi connectivity index (χ1) is 24.8. The van der Waals surface area contributed by atoms with Crippen molar-refractivity contribution in [2.45, 2.75) is 88.6 Å². The van der Waals surface area contributed by atoms with Crippen LogP contribution in [0.2, 0.25) is 0 Å². The minimum absolute atomic E-state index is 0.338. The van der Waals surface area contributed by atoms with E-state index in [1.807, 2.05) is 24.3 Å². The second kappa shape index (κ2) is 15.6. The predicted molar refractivity (Wildman–Crippen MR) is 172 cm³/mol. The van der Waals surface area contributed by atoms with Crippen molar-refractivity contribution in [1.29, 1.82) is 0 Å². The van der Waals surface area contributed by atoms with Gasteiger partial charge < -0.3 is 4.74 Å². The molecule has 4 aromatic carbocycles. The van der Waals surface area contributed by atoms with Crippen LogP contribution in [0.15, 0.2) is 66.7 Å². The van der Waals surface area contributed by atoms with Crippen LogP contribution in [0.3, 0.4) is 0 Å². The first-order valence-corrected chi connectivity index (χ1v) is 16.9. The second-order valence-corrected chi connectivity index (χ2v) is 13.3. The lowest BCUT2D eigenvalue weighted by atomic mass is 9.77. The maximum absolute atomic E-state index is 15.3. The van der Waals surface area contributed by atoms with Gasteiger partial charge in [-0.15, -0.1) is 0 Å². The Labute approximate surface area is 296 Å². The number of hydrogen-bond donors (Lipinski definition) is 0. The van der Waals surface area contributed by atoms with Gasteiger partial charge in [0.05, 0.1) is 5.56 Å². The first-order valence-electron chi connectivity index (χ1n) is 16.9. The lowest BCUT2D eigenvalue weighted by molar-refractivity contribution is -0.249. The highest BCUT2D eigenvalue weighted by molar-refractivity contribution is 5.71. The van der Waals surface area contributed by atoms with E-state index in [4.69, 9.17) is 0 Å². The van der Waals surface area contributed by atoms with E-state index in [0.29, 0.717) is 29.2 Å². The van der Waals surface area contributed by atoms with E-state index in [0.717, 1.165) is 24.8 Å². The molecule has 0 radical (unpaired) electrons. The summed E-state index contributed by atoms with van der Waals surface area (Å²) in [7, 11) is 0. The summed E-state index contributed by atoms with van der Waals surface area (Å²) in [6, 6.07) is 11.2. The molecule has 0 aromatic heterocycles. The Morgan fingerprint density at radius 1 is 0.623 bits per heavy atom. The zero-order chi connectivity index (χ0) is 38.9. The van der Waals surface area contributed by atoms with Crippen LogP contribution in [0.25, 0.3) is 22.3 Å². The van der Waals surface area contributed by atoms with Crippen LogP contribution in [0, 0.1) is 35.0 Å². The molecule has 1 saturated carbocycles. The smallest absolute Gasteiger partial charge is 0.429 e. The summed E-state index contributed by atoms with van der Waals surface area (Å²) in [4.78, 5) is 0. The molecule has 0 saturated heterocycles. The maximum atomic E-state index is 15.3. The van der Waals surface area contributed by atoms with Crippen molar-refractivity contribution in [3.05, 3.63) is 113 Å². The second-order valence-electron chi connectivity index (χ2n) is 13.3. The average molecular weight is 765 g/mol. The van der Waals surface area contributed by atoms with E-state index in [1.165, 1.54) is 56.2 Å². The third-order valence-electron chi connectivity index (χ3n) is 9.59. The zero-order valence-corrected chi connectivity index (χ0v) is 28.1. The maximum Gasteiger partial charge on any atom is 0.432 e. The monoisotopic (exact) mass is 764 g/mol. The van der Waals surface area contributed by atoms with Crippen LogP contribution >= 0.6 is 0 Å². The lowest BCUT2D eigenvalue weighted by Crippen LogP contribution is -2.40. The molecule has 5 rings (SSSR count). The number of ether oxygens (including phenoxy) is 1. The summed E-state index contributed by atoms with van der Waals surface area (Å²) in [5.74, 6) is -16.5. The van der Waals surface area contributed by atoms with Gasteiger partial charge in [0.2, 0.25) is 0 Å². The quantitative estimate of drug-likeness (QED) is 0.103. The highest BCUT2D eigenvalue weighted by Crippen LogP contribution is 2.46. The Bertz CT molecular complexity index is 1850. The Morgan fingerprint density at radius 3 is 1.68 bits per heavy atom. The number of hydrogen-bond acceptors (Lipinski definition) is 1. The molecule has 1 aliphatic carbocycles. The summed E-state index contributed by atoms with van der Waals surface area (Å²) in [5.41, 5.74) is -3.49. The molecule has 4 aromatic rings. The lowest BCUT2D eigenvalue weighted by Gasteiger charge is -2.29. The average Bonchev–Trinajstić information content (AvgIpc) is 3.07. The molecule has 1 atom stereocenters. The van der Waals surface area contributed by atoms with Gasteiger partial charge in [0.25, 0.3) is 6.17 Å². The fraction of sp³-hybridized carbons (Fsp3) is 0.385. The highest BCUT2D eigenvalue weighted by Gasteiger charge is 2.60.